The van der Waals surface area contributed by atoms with Crippen molar-refractivity contribution in [2.24, 2.45) is 11.8 Å². The SMILES string of the molecule is C1CCC1.C=C(C)NC(Cc1ccccc1)C(=C)C.CC(C)CC(C)C.CCCc1ccccc1CC. The number of allylic oxidation sites excluding steroid dienone is 1. The summed E-state index contributed by atoms with van der Waals surface area (Å²) in [5.41, 5.74) is 6.48. The molecule has 2 aromatic rings. The topological polar surface area (TPSA) is 12.0 Å². The van der Waals surface area contributed by atoms with Crippen LogP contribution in [0.5, 0.6) is 0 Å². The Balaban J connectivity index is 0.000000513. The third-order valence-corrected chi connectivity index (χ3v) is 6.26. The van der Waals surface area contributed by atoms with Crippen LogP contribution in [0.2, 0.25) is 0 Å². The van der Waals surface area contributed by atoms with Crippen molar-refractivity contribution in [3.05, 3.63) is 95.7 Å². The molecule has 0 spiro atoms. The first-order valence-electron chi connectivity index (χ1n) is 14.8. The highest BCUT2D eigenvalue weighted by Gasteiger charge is 2.09. The Morgan fingerprint density at radius 2 is 1.24 bits per heavy atom. The first kappa shape index (κ1) is 34.7. The van der Waals surface area contributed by atoms with E-state index in [0.717, 1.165) is 35.9 Å². The molecule has 1 heteroatoms. The summed E-state index contributed by atoms with van der Waals surface area (Å²) in [6.07, 6.45) is 12.0. The molecule has 0 aliphatic heterocycles. The second-order valence-electron chi connectivity index (χ2n) is 11.3. The standard InChI is InChI=1S/C14H19N.C11H16.C7H16.C4H8/c1-11(2)14(15-12(3)4)10-13-8-6-5-7-9-13;1-3-7-11-9-6-5-8-10(11)4-2;1-6(2)5-7(3)4;1-2-4-3-1/h5-9,14-15H,1,3,10H2,2,4H3;5-6,8-9H,3-4,7H2,1-2H3;6-7H,5H2,1-4H3;1-4H2. The zero-order chi connectivity index (χ0) is 28.1. The van der Waals surface area contributed by atoms with Crippen LogP contribution >= 0.6 is 0 Å². The van der Waals surface area contributed by atoms with Crippen LogP contribution in [0.25, 0.3) is 0 Å². The normalized spacial score (nSPS) is 12.5. The van der Waals surface area contributed by atoms with Gasteiger partial charge in [-0.1, -0.05) is 147 Å². The average molecular weight is 506 g/mol. The molecule has 0 saturated heterocycles. The van der Waals surface area contributed by atoms with Gasteiger partial charge < -0.3 is 5.32 Å². The molecule has 1 aliphatic carbocycles. The lowest BCUT2D eigenvalue weighted by molar-refractivity contribution is 0.469. The number of hydrogen-bond donors (Lipinski definition) is 1. The molecule has 0 heterocycles. The molecule has 1 fully saturated rings. The van der Waals surface area contributed by atoms with E-state index in [9.17, 15) is 0 Å². The first-order chi connectivity index (χ1) is 17.6. The minimum atomic E-state index is 0.282. The fraction of sp³-hybridized carbons (Fsp3) is 0.556. The van der Waals surface area contributed by atoms with Crippen LogP contribution in [0.4, 0.5) is 0 Å². The van der Waals surface area contributed by atoms with Gasteiger partial charge in [0.15, 0.2) is 0 Å². The number of nitrogens with one attached hydrogen (secondary N) is 1. The van der Waals surface area contributed by atoms with E-state index < -0.39 is 0 Å². The summed E-state index contributed by atoms with van der Waals surface area (Å²) < 4.78 is 0. The molecule has 208 valence electrons. The molecule has 37 heavy (non-hydrogen) atoms. The molecular weight excluding hydrogens is 446 g/mol. The third-order valence-electron chi connectivity index (χ3n) is 6.26. The third kappa shape index (κ3) is 19.5. The van der Waals surface area contributed by atoms with Gasteiger partial charge in [-0.05, 0) is 68.1 Å². The summed E-state index contributed by atoms with van der Waals surface area (Å²) in [4.78, 5) is 0. The Morgan fingerprint density at radius 1 is 0.757 bits per heavy atom. The maximum atomic E-state index is 4.00. The molecule has 1 atom stereocenters. The van der Waals surface area contributed by atoms with E-state index >= 15 is 0 Å². The molecule has 0 amide bonds. The average Bonchev–Trinajstić information content (AvgIpc) is 2.78. The van der Waals surface area contributed by atoms with Gasteiger partial charge in [0, 0.05) is 5.70 Å². The van der Waals surface area contributed by atoms with Crippen LogP contribution in [-0.4, -0.2) is 6.04 Å². The molecule has 1 unspecified atom stereocenters. The van der Waals surface area contributed by atoms with E-state index in [2.05, 4.69) is 109 Å². The van der Waals surface area contributed by atoms with E-state index in [-0.39, 0.29) is 6.04 Å². The van der Waals surface area contributed by atoms with Gasteiger partial charge in [-0.2, -0.15) is 0 Å². The quantitative estimate of drug-likeness (QED) is 0.317. The van der Waals surface area contributed by atoms with Gasteiger partial charge in [0.05, 0.1) is 6.04 Å². The lowest BCUT2D eigenvalue weighted by Gasteiger charge is -2.20. The maximum Gasteiger partial charge on any atom is 0.0505 e. The lowest BCUT2D eigenvalue weighted by Crippen LogP contribution is -2.30. The second kappa shape index (κ2) is 21.8. The van der Waals surface area contributed by atoms with Crippen molar-refractivity contribution in [3.8, 4) is 0 Å². The second-order valence-corrected chi connectivity index (χ2v) is 11.3. The lowest BCUT2D eigenvalue weighted by atomic mass is 10.0. The summed E-state index contributed by atoms with van der Waals surface area (Å²) in [7, 11) is 0. The molecule has 1 nitrogen and oxygen atoms in total. The van der Waals surface area contributed by atoms with Crippen molar-refractivity contribution >= 4 is 0 Å². The molecule has 3 rings (SSSR count). The van der Waals surface area contributed by atoms with Gasteiger partial charge in [-0.3, -0.25) is 0 Å². The van der Waals surface area contributed by atoms with Crippen molar-refractivity contribution in [1.82, 2.24) is 5.32 Å². The predicted octanol–water partition coefficient (Wildman–Crippen LogP) is 10.7. The number of aryl methyl sites for hydroxylation is 2. The molecule has 1 N–H and O–H groups in total. The highest BCUT2D eigenvalue weighted by atomic mass is 14.9. The van der Waals surface area contributed by atoms with Crippen molar-refractivity contribution in [2.75, 3.05) is 0 Å². The van der Waals surface area contributed by atoms with E-state index in [4.69, 9.17) is 0 Å². The van der Waals surface area contributed by atoms with Crippen molar-refractivity contribution in [3.63, 3.8) is 0 Å². The monoisotopic (exact) mass is 505 g/mol. The summed E-state index contributed by atoms with van der Waals surface area (Å²) in [5, 5.41) is 3.33. The minimum absolute atomic E-state index is 0.282. The van der Waals surface area contributed by atoms with Gasteiger partial charge in [-0.15, -0.1) is 0 Å². The molecule has 0 bridgehead atoms. The minimum Gasteiger partial charge on any atom is -0.382 e. The molecule has 1 saturated carbocycles. The molecule has 1 aliphatic rings. The van der Waals surface area contributed by atoms with Crippen LogP contribution in [0, 0.1) is 11.8 Å². The summed E-state index contributed by atoms with van der Waals surface area (Å²) in [5.74, 6) is 1.75. The zero-order valence-corrected chi connectivity index (χ0v) is 25.7. The Kier molecular flexibility index (Phi) is 20.4. The number of benzene rings is 2. The van der Waals surface area contributed by atoms with Gasteiger partial charge in [0.1, 0.15) is 0 Å². The summed E-state index contributed by atoms with van der Waals surface area (Å²) >= 11 is 0. The maximum absolute atomic E-state index is 4.00. The molecule has 0 aromatic heterocycles. The summed E-state index contributed by atoms with van der Waals surface area (Å²) in [6.45, 7) is 25.4. The van der Waals surface area contributed by atoms with E-state index in [1.165, 1.54) is 61.6 Å². The largest absolute Gasteiger partial charge is 0.382 e. The Morgan fingerprint density at radius 3 is 1.59 bits per heavy atom. The van der Waals surface area contributed by atoms with Crippen LogP contribution in [-0.2, 0) is 19.3 Å². The van der Waals surface area contributed by atoms with Crippen LogP contribution in [0.1, 0.15) is 111 Å². The highest BCUT2D eigenvalue weighted by Crippen LogP contribution is 2.15. The molecular formula is C36H59N. The fourth-order valence-electron chi connectivity index (χ4n) is 4.10. The molecule has 0 radical (unpaired) electrons. The van der Waals surface area contributed by atoms with Gasteiger partial charge in [0.25, 0.3) is 0 Å². The Bertz CT molecular complexity index is 817. The van der Waals surface area contributed by atoms with Crippen LogP contribution < -0.4 is 5.32 Å². The Labute approximate surface area is 231 Å². The van der Waals surface area contributed by atoms with Crippen molar-refractivity contribution < 1.29 is 0 Å². The smallest absolute Gasteiger partial charge is 0.0505 e. The van der Waals surface area contributed by atoms with Crippen LogP contribution in [0.15, 0.2) is 79.0 Å². The van der Waals surface area contributed by atoms with Gasteiger partial charge in [0.2, 0.25) is 0 Å². The van der Waals surface area contributed by atoms with Crippen LogP contribution in [0.3, 0.4) is 0 Å². The number of rotatable bonds is 10. The van der Waals surface area contributed by atoms with E-state index in [1.807, 2.05) is 19.9 Å². The highest BCUT2D eigenvalue weighted by molar-refractivity contribution is 5.27. The Hall–Kier alpha value is -2.28. The van der Waals surface area contributed by atoms with E-state index in [1.54, 1.807) is 0 Å². The summed E-state index contributed by atoms with van der Waals surface area (Å²) in [6, 6.07) is 19.4. The number of hydrogen-bond acceptors (Lipinski definition) is 1. The van der Waals surface area contributed by atoms with Crippen molar-refractivity contribution in [1.29, 1.82) is 0 Å². The van der Waals surface area contributed by atoms with Gasteiger partial charge >= 0.3 is 0 Å². The first-order valence-corrected chi connectivity index (χ1v) is 14.8. The van der Waals surface area contributed by atoms with Gasteiger partial charge in [-0.25, -0.2) is 0 Å². The fourth-order valence-corrected chi connectivity index (χ4v) is 4.10. The predicted molar refractivity (Wildman–Crippen MR) is 169 cm³/mol. The van der Waals surface area contributed by atoms with E-state index in [0.29, 0.717) is 0 Å². The van der Waals surface area contributed by atoms with Crippen molar-refractivity contribution in [2.45, 2.75) is 119 Å². The zero-order valence-electron chi connectivity index (χ0n) is 25.7. The molecule has 2 aromatic carbocycles.